The standard InChI is InChI=1S/C26H33ClN6O3/c1-16-12-17(27)13-18(35-6)20(16)22-30-21-23(31(22)5)28-14-19(29-21)32-11-9-26(15-32)8-7-10-33(26)24(34)36-25(2,3)4/h12-14H,7-11,15H2,1-6H3. The van der Waals surface area contributed by atoms with Gasteiger partial charge in [0.05, 0.1) is 24.4 Å². The minimum Gasteiger partial charge on any atom is -0.496 e. The molecule has 0 bridgehead atoms. The van der Waals surface area contributed by atoms with E-state index < -0.39 is 5.60 Å². The fraction of sp³-hybridized carbons (Fsp3) is 0.538. The first-order chi connectivity index (χ1) is 17.0. The van der Waals surface area contributed by atoms with E-state index in [-0.39, 0.29) is 11.6 Å². The summed E-state index contributed by atoms with van der Waals surface area (Å²) >= 11 is 6.24. The molecule has 3 aromatic rings. The highest BCUT2D eigenvalue weighted by atomic mass is 35.5. The fourth-order valence-electron chi connectivity index (χ4n) is 5.50. The summed E-state index contributed by atoms with van der Waals surface area (Å²) in [6.07, 6.45) is 4.38. The Morgan fingerprint density at radius 2 is 1.94 bits per heavy atom. The number of likely N-dealkylation sites (tertiary alicyclic amines) is 1. The van der Waals surface area contributed by atoms with E-state index in [1.54, 1.807) is 19.4 Å². The number of aryl methyl sites for hydroxylation is 2. The molecule has 2 saturated heterocycles. The number of methoxy groups -OCH3 is 1. The number of imidazole rings is 1. The average molecular weight is 513 g/mol. The molecule has 0 N–H and O–H groups in total. The van der Waals surface area contributed by atoms with Crippen LogP contribution in [0.3, 0.4) is 0 Å². The number of rotatable bonds is 3. The molecular weight excluding hydrogens is 480 g/mol. The fourth-order valence-corrected chi connectivity index (χ4v) is 5.77. The van der Waals surface area contributed by atoms with Gasteiger partial charge in [-0.05, 0) is 64.7 Å². The molecule has 1 amide bonds. The summed E-state index contributed by atoms with van der Waals surface area (Å²) in [5, 5.41) is 0.612. The zero-order valence-corrected chi connectivity index (χ0v) is 22.5. The number of halogens is 1. The lowest BCUT2D eigenvalue weighted by Gasteiger charge is -2.36. The van der Waals surface area contributed by atoms with Crippen LogP contribution in [-0.2, 0) is 11.8 Å². The molecule has 2 fully saturated rings. The molecule has 4 heterocycles. The molecule has 1 aromatic carbocycles. The van der Waals surface area contributed by atoms with Crippen molar-refractivity contribution in [3.05, 3.63) is 28.9 Å². The SMILES string of the molecule is COc1cc(Cl)cc(C)c1-c1nc2nc(N3CCC4(CCCN4C(=O)OC(C)(C)C)C3)cnc2n1C. The predicted octanol–water partition coefficient (Wildman–Crippen LogP) is 4.98. The number of carbonyl (C=O) groups is 1. The lowest BCUT2D eigenvalue weighted by Crippen LogP contribution is -2.50. The summed E-state index contributed by atoms with van der Waals surface area (Å²) in [6, 6.07) is 3.68. The molecule has 9 nitrogen and oxygen atoms in total. The molecule has 0 aliphatic carbocycles. The van der Waals surface area contributed by atoms with Crippen LogP contribution in [0.4, 0.5) is 10.6 Å². The Bertz CT molecular complexity index is 1330. The maximum atomic E-state index is 12.9. The van der Waals surface area contributed by atoms with Gasteiger partial charge >= 0.3 is 6.09 Å². The van der Waals surface area contributed by atoms with E-state index in [0.29, 0.717) is 28.6 Å². The van der Waals surface area contributed by atoms with E-state index in [1.165, 1.54) is 0 Å². The van der Waals surface area contributed by atoms with Crippen molar-refractivity contribution < 1.29 is 14.3 Å². The van der Waals surface area contributed by atoms with Gasteiger partial charge in [-0.25, -0.2) is 19.7 Å². The van der Waals surface area contributed by atoms with Crippen LogP contribution in [0.15, 0.2) is 18.3 Å². The number of carbonyl (C=O) groups excluding carboxylic acids is 1. The Kier molecular flexibility index (Phi) is 6.01. The first-order valence-corrected chi connectivity index (χ1v) is 12.7. The van der Waals surface area contributed by atoms with E-state index in [4.69, 9.17) is 36.0 Å². The Labute approximate surface area is 216 Å². The molecule has 10 heteroatoms. The van der Waals surface area contributed by atoms with Crippen LogP contribution in [0.1, 0.15) is 45.6 Å². The van der Waals surface area contributed by atoms with E-state index in [0.717, 1.165) is 55.1 Å². The van der Waals surface area contributed by atoms with Gasteiger partial charge in [0.25, 0.3) is 0 Å². The van der Waals surface area contributed by atoms with E-state index in [1.807, 2.05) is 50.3 Å². The molecule has 0 saturated carbocycles. The van der Waals surface area contributed by atoms with E-state index >= 15 is 0 Å². The second kappa shape index (κ2) is 8.80. The monoisotopic (exact) mass is 512 g/mol. The minimum atomic E-state index is -0.516. The summed E-state index contributed by atoms with van der Waals surface area (Å²) in [5.41, 5.74) is 2.33. The summed E-state index contributed by atoms with van der Waals surface area (Å²) in [7, 11) is 3.55. The zero-order valence-electron chi connectivity index (χ0n) is 21.8. The van der Waals surface area contributed by atoms with Crippen molar-refractivity contribution >= 4 is 34.8 Å². The Balaban J connectivity index is 1.44. The largest absolute Gasteiger partial charge is 0.496 e. The van der Waals surface area contributed by atoms with Gasteiger partial charge in [0, 0.05) is 31.7 Å². The number of hydrogen-bond acceptors (Lipinski definition) is 7. The molecule has 5 rings (SSSR count). The lowest BCUT2D eigenvalue weighted by molar-refractivity contribution is 0.0111. The van der Waals surface area contributed by atoms with Gasteiger partial charge < -0.3 is 23.8 Å². The van der Waals surface area contributed by atoms with E-state index in [9.17, 15) is 4.79 Å². The first-order valence-electron chi connectivity index (χ1n) is 12.3. The van der Waals surface area contributed by atoms with Gasteiger partial charge in [0.15, 0.2) is 11.3 Å². The zero-order chi connectivity index (χ0) is 25.8. The molecule has 36 heavy (non-hydrogen) atoms. The van der Waals surface area contributed by atoms with Crippen LogP contribution >= 0.6 is 11.6 Å². The average Bonchev–Trinajstić information content (AvgIpc) is 3.50. The van der Waals surface area contributed by atoms with Crippen molar-refractivity contribution in [3.63, 3.8) is 0 Å². The number of aromatic nitrogens is 4. The first kappa shape index (κ1) is 24.6. The van der Waals surface area contributed by atoms with Crippen molar-refractivity contribution in [1.82, 2.24) is 24.4 Å². The maximum absolute atomic E-state index is 12.9. The Morgan fingerprint density at radius 3 is 2.67 bits per heavy atom. The molecule has 2 aliphatic heterocycles. The Hall–Kier alpha value is -3.07. The summed E-state index contributed by atoms with van der Waals surface area (Å²) in [4.78, 5) is 31.5. The van der Waals surface area contributed by atoms with Crippen molar-refractivity contribution in [3.8, 4) is 17.1 Å². The second-order valence-electron chi connectivity index (χ2n) is 10.8. The van der Waals surface area contributed by atoms with Crippen molar-refractivity contribution in [2.75, 3.05) is 31.6 Å². The quantitative estimate of drug-likeness (QED) is 0.489. The molecule has 1 atom stereocenters. The van der Waals surface area contributed by atoms with Gasteiger partial charge in [-0.1, -0.05) is 11.6 Å². The van der Waals surface area contributed by atoms with Crippen LogP contribution in [0, 0.1) is 6.92 Å². The van der Waals surface area contributed by atoms with Crippen LogP contribution < -0.4 is 9.64 Å². The summed E-state index contributed by atoms with van der Waals surface area (Å²) in [6.45, 7) is 9.92. The number of benzene rings is 1. The number of amides is 1. The lowest BCUT2D eigenvalue weighted by atomic mass is 9.95. The maximum Gasteiger partial charge on any atom is 0.410 e. The summed E-state index contributed by atoms with van der Waals surface area (Å²) in [5.74, 6) is 2.14. The highest BCUT2D eigenvalue weighted by molar-refractivity contribution is 6.31. The highest BCUT2D eigenvalue weighted by Gasteiger charge is 2.49. The Morgan fingerprint density at radius 1 is 1.17 bits per heavy atom. The smallest absolute Gasteiger partial charge is 0.410 e. The molecule has 1 unspecified atom stereocenters. The van der Waals surface area contributed by atoms with Gasteiger partial charge in [-0.15, -0.1) is 0 Å². The van der Waals surface area contributed by atoms with Gasteiger partial charge in [-0.3, -0.25) is 0 Å². The third-order valence-electron chi connectivity index (χ3n) is 7.14. The third-order valence-corrected chi connectivity index (χ3v) is 7.36. The topological polar surface area (TPSA) is 85.6 Å². The molecule has 192 valence electrons. The number of ether oxygens (including phenoxy) is 2. The van der Waals surface area contributed by atoms with Crippen molar-refractivity contribution in [2.24, 2.45) is 7.05 Å². The number of hydrogen-bond donors (Lipinski definition) is 0. The normalized spacial score (nSPS) is 20.1. The molecular formula is C26H33ClN6O3. The molecule has 2 aliphatic rings. The molecule has 0 radical (unpaired) electrons. The number of nitrogens with zero attached hydrogens (tertiary/aromatic N) is 6. The van der Waals surface area contributed by atoms with Crippen molar-refractivity contribution in [2.45, 2.75) is 58.1 Å². The van der Waals surface area contributed by atoms with Gasteiger partial charge in [-0.2, -0.15) is 0 Å². The van der Waals surface area contributed by atoms with Crippen LogP contribution in [0.2, 0.25) is 5.02 Å². The second-order valence-corrected chi connectivity index (χ2v) is 11.2. The van der Waals surface area contributed by atoms with Gasteiger partial charge in [0.1, 0.15) is 23.0 Å². The van der Waals surface area contributed by atoms with Gasteiger partial charge in [0.2, 0.25) is 0 Å². The van der Waals surface area contributed by atoms with Crippen molar-refractivity contribution in [1.29, 1.82) is 0 Å². The predicted molar refractivity (Wildman–Crippen MR) is 140 cm³/mol. The summed E-state index contributed by atoms with van der Waals surface area (Å²) < 4.78 is 13.2. The third kappa shape index (κ3) is 4.23. The van der Waals surface area contributed by atoms with Crippen LogP contribution in [0.5, 0.6) is 5.75 Å². The highest BCUT2D eigenvalue weighted by Crippen LogP contribution is 2.40. The number of fused-ring (bicyclic) bond motifs is 1. The van der Waals surface area contributed by atoms with Crippen LogP contribution in [-0.4, -0.2) is 68.4 Å². The van der Waals surface area contributed by atoms with E-state index in [2.05, 4.69) is 4.90 Å². The molecule has 1 spiro atoms. The van der Waals surface area contributed by atoms with Crippen LogP contribution in [0.25, 0.3) is 22.7 Å². The number of anilines is 1. The molecule has 2 aromatic heterocycles. The minimum absolute atomic E-state index is 0.231.